The number of amides is 2. The molecule has 0 radical (unpaired) electrons. The molecule has 2 N–H and O–H groups in total. The van der Waals surface area contributed by atoms with Crippen LogP contribution in [-0.2, 0) is 11.2 Å². The van der Waals surface area contributed by atoms with E-state index in [1.165, 1.54) is 0 Å². The first-order valence-corrected chi connectivity index (χ1v) is 7.98. The maximum Gasteiger partial charge on any atom is 0.317 e. The van der Waals surface area contributed by atoms with Gasteiger partial charge in [-0.05, 0) is 39.5 Å². The smallest absolute Gasteiger partial charge is 0.317 e. The van der Waals surface area contributed by atoms with E-state index >= 15 is 0 Å². The highest BCUT2D eigenvalue weighted by molar-refractivity contribution is 5.76. The molecule has 1 aliphatic heterocycles. The molecule has 1 fully saturated rings. The Morgan fingerprint density at radius 3 is 2.70 bits per heavy atom. The van der Waals surface area contributed by atoms with Gasteiger partial charge in [-0.2, -0.15) is 0 Å². The molecule has 7 heteroatoms. The lowest BCUT2D eigenvalue weighted by Gasteiger charge is -2.35. The molecule has 0 spiro atoms. The monoisotopic (exact) mass is 323 g/mol. The van der Waals surface area contributed by atoms with Gasteiger partial charge in [0.15, 0.2) is 0 Å². The summed E-state index contributed by atoms with van der Waals surface area (Å²) >= 11 is 0. The Morgan fingerprint density at radius 2 is 2.13 bits per heavy atom. The van der Waals surface area contributed by atoms with E-state index < -0.39 is 11.9 Å². The number of carboxylic acid groups (broad SMARTS) is 1. The van der Waals surface area contributed by atoms with Gasteiger partial charge >= 0.3 is 12.0 Å². The molecule has 1 aromatic rings. The molecule has 2 rings (SSSR count). The molecule has 3 atom stereocenters. The Morgan fingerprint density at radius 1 is 1.43 bits per heavy atom. The van der Waals surface area contributed by atoms with E-state index in [-0.39, 0.29) is 24.5 Å². The van der Waals surface area contributed by atoms with Crippen LogP contribution >= 0.6 is 0 Å². The van der Waals surface area contributed by atoms with Crippen molar-refractivity contribution in [3.05, 3.63) is 17.0 Å². The fourth-order valence-corrected chi connectivity index (χ4v) is 3.15. The minimum atomic E-state index is -0.835. The van der Waals surface area contributed by atoms with Gasteiger partial charge in [-0.25, -0.2) is 4.79 Å². The zero-order valence-electron chi connectivity index (χ0n) is 14.1. The zero-order valence-corrected chi connectivity index (χ0v) is 14.1. The maximum atomic E-state index is 12.4. The summed E-state index contributed by atoms with van der Waals surface area (Å²) in [6.45, 7) is 8.49. The molecule has 0 aliphatic carbocycles. The number of nitrogens with zero attached hydrogens (tertiary/aromatic N) is 2. The maximum absolute atomic E-state index is 12.4. The molecule has 0 saturated carbocycles. The van der Waals surface area contributed by atoms with Gasteiger partial charge in [-0.1, -0.05) is 12.1 Å². The third-order valence-corrected chi connectivity index (χ3v) is 4.36. The van der Waals surface area contributed by atoms with E-state index in [1.54, 1.807) is 4.90 Å². The van der Waals surface area contributed by atoms with Crippen LogP contribution in [0.1, 0.15) is 37.3 Å². The van der Waals surface area contributed by atoms with Crippen molar-refractivity contribution in [2.45, 2.75) is 46.6 Å². The Balaban J connectivity index is 1.94. The predicted molar refractivity (Wildman–Crippen MR) is 84.2 cm³/mol. The number of aryl methyl sites for hydroxylation is 2. The largest absolute Gasteiger partial charge is 0.481 e. The highest BCUT2D eigenvalue weighted by atomic mass is 16.5. The summed E-state index contributed by atoms with van der Waals surface area (Å²) in [6.07, 6.45) is 1.26. The van der Waals surface area contributed by atoms with Crippen LogP contribution in [0.25, 0.3) is 0 Å². The number of carbonyl (C=O) groups is 2. The van der Waals surface area contributed by atoms with Crippen molar-refractivity contribution in [2.24, 2.45) is 11.8 Å². The minimum Gasteiger partial charge on any atom is -0.481 e. The van der Waals surface area contributed by atoms with Gasteiger partial charge in [-0.15, -0.1) is 0 Å². The van der Waals surface area contributed by atoms with Gasteiger partial charge in [0.25, 0.3) is 0 Å². The number of nitrogens with one attached hydrogen (secondary N) is 1. The normalized spacial score (nSPS) is 22.7. The molecule has 2 amide bonds. The highest BCUT2D eigenvalue weighted by Crippen LogP contribution is 2.22. The van der Waals surface area contributed by atoms with Crippen molar-refractivity contribution >= 4 is 12.0 Å². The van der Waals surface area contributed by atoms with Gasteiger partial charge in [0.1, 0.15) is 5.76 Å². The van der Waals surface area contributed by atoms with E-state index in [1.807, 2.05) is 27.7 Å². The van der Waals surface area contributed by atoms with Gasteiger partial charge in [-0.3, -0.25) is 4.79 Å². The van der Waals surface area contributed by atoms with Crippen molar-refractivity contribution < 1.29 is 19.2 Å². The van der Waals surface area contributed by atoms with Crippen LogP contribution in [0.15, 0.2) is 4.52 Å². The number of carbonyl (C=O) groups excluding carboxylic acids is 1. The van der Waals surface area contributed by atoms with Gasteiger partial charge < -0.3 is 19.8 Å². The van der Waals surface area contributed by atoms with Crippen molar-refractivity contribution in [1.29, 1.82) is 0 Å². The number of piperidine rings is 1. The molecule has 1 saturated heterocycles. The molecule has 23 heavy (non-hydrogen) atoms. The van der Waals surface area contributed by atoms with E-state index in [4.69, 9.17) is 4.52 Å². The topological polar surface area (TPSA) is 95.7 Å². The average molecular weight is 323 g/mol. The summed E-state index contributed by atoms with van der Waals surface area (Å²) in [5, 5.41) is 16.1. The van der Waals surface area contributed by atoms with Gasteiger partial charge in [0, 0.05) is 24.7 Å². The first kappa shape index (κ1) is 17.3. The molecule has 1 aromatic heterocycles. The van der Waals surface area contributed by atoms with Crippen molar-refractivity contribution in [1.82, 2.24) is 15.4 Å². The Bertz CT molecular complexity index is 564. The molecular weight excluding hydrogens is 298 g/mol. The number of hydrogen-bond acceptors (Lipinski definition) is 4. The molecule has 3 unspecified atom stereocenters. The summed E-state index contributed by atoms with van der Waals surface area (Å²) in [6, 6.07) is -0.290. The number of hydrogen-bond donors (Lipinski definition) is 2. The third-order valence-electron chi connectivity index (χ3n) is 4.36. The Hall–Kier alpha value is -2.05. The average Bonchev–Trinajstić information content (AvgIpc) is 2.78. The molecule has 2 heterocycles. The van der Waals surface area contributed by atoms with E-state index in [0.29, 0.717) is 19.4 Å². The number of likely N-dealkylation sites (tertiary alicyclic amines) is 1. The standard InChI is InChI=1S/C16H25N3O4/c1-9-5-13(15(20)21)8-19(7-9)16(22)17-10(2)6-14-11(3)18-23-12(14)4/h9-10,13H,5-8H2,1-4H3,(H,17,22)(H,20,21). The van der Waals surface area contributed by atoms with Crippen LogP contribution < -0.4 is 5.32 Å². The van der Waals surface area contributed by atoms with Crippen LogP contribution in [0.5, 0.6) is 0 Å². The van der Waals surface area contributed by atoms with Crippen LogP contribution in [0.4, 0.5) is 4.79 Å². The number of aliphatic carboxylic acids is 1. The molecule has 128 valence electrons. The van der Waals surface area contributed by atoms with Gasteiger partial charge in [0.2, 0.25) is 0 Å². The SMILES string of the molecule is Cc1noc(C)c1CC(C)NC(=O)N1CC(C)CC(C(=O)O)C1. The summed E-state index contributed by atoms with van der Waals surface area (Å²) in [4.78, 5) is 25.2. The van der Waals surface area contributed by atoms with Crippen molar-refractivity contribution in [3.8, 4) is 0 Å². The molecule has 7 nitrogen and oxygen atoms in total. The summed E-state index contributed by atoms with van der Waals surface area (Å²) < 4.78 is 5.13. The van der Waals surface area contributed by atoms with Gasteiger partial charge in [0.05, 0.1) is 11.6 Å². The van der Waals surface area contributed by atoms with E-state index in [2.05, 4.69) is 10.5 Å². The van der Waals surface area contributed by atoms with Crippen LogP contribution in [0, 0.1) is 25.7 Å². The highest BCUT2D eigenvalue weighted by Gasteiger charge is 2.32. The van der Waals surface area contributed by atoms with Crippen LogP contribution in [0.3, 0.4) is 0 Å². The summed E-state index contributed by atoms with van der Waals surface area (Å²) in [5.41, 5.74) is 1.84. The fraction of sp³-hybridized carbons (Fsp3) is 0.688. The molecule has 0 bridgehead atoms. The Labute approximate surface area is 136 Å². The summed E-state index contributed by atoms with van der Waals surface area (Å²) in [5.74, 6) is -0.366. The fourth-order valence-electron chi connectivity index (χ4n) is 3.15. The lowest BCUT2D eigenvalue weighted by molar-refractivity contribution is -0.143. The first-order valence-electron chi connectivity index (χ1n) is 7.98. The lowest BCUT2D eigenvalue weighted by Crippen LogP contribution is -2.51. The molecule has 0 aromatic carbocycles. The molecule has 1 aliphatic rings. The van der Waals surface area contributed by atoms with Crippen molar-refractivity contribution in [2.75, 3.05) is 13.1 Å². The predicted octanol–water partition coefficient (Wildman–Crippen LogP) is 1.97. The second-order valence-electron chi connectivity index (χ2n) is 6.64. The second-order valence-corrected chi connectivity index (χ2v) is 6.64. The zero-order chi connectivity index (χ0) is 17.1. The quantitative estimate of drug-likeness (QED) is 0.883. The van der Waals surface area contributed by atoms with Crippen LogP contribution in [0.2, 0.25) is 0 Å². The molecular formula is C16H25N3O4. The van der Waals surface area contributed by atoms with E-state index in [0.717, 1.165) is 17.0 Å². The number of urea groups is 1. The number of rotatable bonds is 4. The minimum absolute atomic E-state index is 0.0835. The number of aromatic nitrogens is 1. The number of carboxylic acids is 1. The third kappa shape index (κ3) is 4.24. The van der Waals surface area contributed by atoms with Crippen LogP contribution in [-0.4, -0.2) is 46.3 Å². The lowest BCUT2D eigenvalue weighted by atomic mass is 9.91. The van der Waals surface area contributed by atoms with Crippen molar-refractivity contribution in [3.63, 3.8) is 0 Å². The second kappa shape index (κ2) is 7.02. The summed E-state index contributed by atoms with van der Waals surface area (Å²) in [7, 11) is 0. The Kier molecular flexibility index (Phi) is 5.28. The van der Waals surface area contributed by atoms with E-state index in [9.17, 15) is 14.7 Å². The first-order chi connectivity index (χ1) is 10.8.